The molecule has 1 aromatic heterocycles. The van der Waals surface area contributed by atoms with Gasteiger partial charge in [-0.2, -0.15) is 5.10 Å². The van der Waals surface area contributed by atoms with E-state index in [1.807, 2.05) is 36.4 Å². The number of carbonyl (C=O) groups is 1. The highest BCUT2D eigenvalue weighted by Crippen LogP contribution is 2.35. The SMILES string of the molecule is COc1c(C(=O)NCC2CC2)ccc2[nH]nc(C=Cc3ccc4c(c3)OCO4)c12. The summed E-state index contributed by atoms with van der Waals surface area (Å²) >= 11 is 0. The van der Waals surface area contributed by atoms with Gasteiger partial charge in [0.05, 0.1) is 29.3 Å². The van der Waals surface area contributed by atoms with Crippen LogP contribution >= 0.6 is 0 Å². The molecule has 0 radical (unpaired) electrons. The van der Waals surface area contributed by atoms with E-state index in [9.17, 15) is 4.79 Å². The van der Waals surface area contributed by atoms with E-state index in [0.29, 0.717) is 29.5 Å². The van der Waals surface area contributed by atoms with Gasteiger partial charge in [0.15, 0.2) is 11.5 Å². The van der Waals surface area contributed by atoms with Gasteiger partial charge in [-0.05, 0) is 54.7 Å². The maximum absolute atomic E-state index is 12.7. The number of hydrogen-bond acceptors (Lipinski definition) is 5. The summed E-state index contributed by atoms with van der Waals surface area (Å²) in [7, 11) is 1.57. The van der Waals surface area contributed by atoms with Crippen molar-refractivity contribution in [1.29, 1.82) is 0 Å². The Morgan fingerprint density at radius 1 is 1.24 bits per heavy atom. The first-order chi connectivity index (χ1) is 14.2. The van der Waals surface area contributed by atoms with Crippen molar-refractivity contribution in [3.8, 4) is 17.2 Å². The molecule has 2 aromatic carbocycles. The average Bonchev–Trinajstić information content (AvgIpc) is 3.30. The normalized spacial score (nSPS) is 15.2. The van der Waals surface area contributed by atoms with Gasteiger partial charge in [-0.1, -0.05) is 12.1 Å². The van der Waals surface area contributed by atoms with Gasteiger partial charge in [-0.15, -0.1) is 0 Å². The first-order valence-corrected chi connectivity index (χ1v) is 9.64. The third-order valence-electron chi connectivity index (χ3n) is 5.24. The lowest BCUT2D eigenvalue weighted by atomic mass is 10.1. The first kappa shape index (κ1) is 17.6. The van der Waals surface area contributed by atoms with Crippen LogP contribution in [-0.4, -0.2) is 36.6 Å². The van der Waals surface area contributed by atoms with Crippen LogP contribution in [0.4, 0.5) is 0 Å². The minimum absolute atomic E-state index is 0.123. The van der Waals surface area contributed by atoms with E-state index in [1.165, 1.54) is 12.8 Å². The number of aromatic nitrogens is 2. The second kappa shape index (κ2) is 7.16. The third-order valence-corrected chi connectivity index (χ3v) is 5.24. The van der Waals surface area contributed by atoms with Crippen molar-refractivity contribution in [3.63, 3.8) is 0 Å². The number of nitrogens with zero attached hydrogens (tertiary/aromatic N) is 1. The number of methoxy groups -OCH3 is 1. The number of nitrogens with one attached hydrogen (secondary N) is 2. The van der Waals surface area contributed by atoms with E-state index in [4.69, 9.17) is 14.2 Å². The number of H-pyrrole nitrogens is 1. The molecule has 2 N–H and O–H groups in total. The van der Waals surface area contributed by atoms with Gasteiger partial charge in [-0.25, -0.2) is 0 Å². The Balaban J connectivity index is 1.47. The van der Waals surface area contributed by atoms with E-state index in [-0.39, 0.29) is 12.7 Å². The van der Waals surface area contributed by atoms with E-state index >= 15 is 0 Å². The molecule has 29 heavy (non-hydrogen) atoms. The van der Waals surface area contributed by atoms with Gasteiger partial charge >= 0.3 is 0 Å². The molecule has 5 rings (SSSR count). The number of rotatable bonds is 6. The lowest BCUT2D eigenvalue weighted by molar-refractivity contribution is 0.0949. The predicted octanol–water partition coefficient (Wildman–Crippen LogP) is 3.61. The highest BCUT2D eigenvalue weighted by molar-refractivity contribution is 6.05. The topological polar surface area (TPSA) is 85.5 Å². The van der Waals surface area contributed by atoms with E-state index in [2.05, 4.69) is 15.5 Å². The molecule has 7 heteroatoms. The van der Waals surface area contributed by atoms with Crippen molar-refractivity contribution in [1.82, 2.24) is 15.5 Å². The quantitative estimate of drug-likeness (QED) is 0.670. The molecular formula is C22H21N3O4. The van der Waals surface area contributed by atoms with Crippen LogP contribution in [-0.2, 0) is 0 Å². The standard InChI is InChI=1S/C22H21N3O4/c1-27-21-15(22(26)23-11-14-2-3-14)6-8-17-20(21)16(24-25-17)7-4-13-5-9-18-19(10-13)29-12-28-18/h4-10,14H,2-3,11-12H2,1H3,(H,23,26)(H,24,25). The molecule has 0 unspecified atom stereocenters. The van der Waals surface area contributed by atoms with Gasteiger partial charge in [0.1, 0.15) is 5.75 Å². The van der Waals surface area contributed by atoms with Crippen LogP contribution in [0.1, 0.15) is 34.5 Å². The minimum Gasteiger partial charge on any atom is -0.495 e. The van der Waals surface area contributed by atoms with Crippen molar-refractivity contribution in [3.05, 3.63) is 47.2 Å². The zero-order valence-corrected chi connectivity index (χ0v) is 16.0. The summed E-state index contributed by atoms with van der Waals surface area (Å²) in [5.41, 5.74) is 2.99. The van der Waals surface area contributed by atoms with Gasteiger partial charge in [0.2, 0.25) is 6.79 Å². The van der Waals surface area contributed by atoms with Crippen LogP contribution in [0.5, 0.6) is 17.2 Å². The summed E-state index contributed by atoms with van der Waals surface area (Å²) < 4.78 is 16.4. The van der Waals surface area contributed by atoms with Gasteiger partial charge < -0.3 is 19.5 Å². The molecule has 1 saturated carbocycles. The van der Waals surface area contributed by atoms with Crippen LogP contribution in [0.2, 0.25) is 0 Å². The molecular weight excluding hydrogens is 370 g/mol. The van der Waals surface area contributed by atoms with Crippen molar-refractivity contribution in [2.75, 3.05) is 20.4 Å². The molecule has 1 fully saturated rings. The Labute approximate surface area is 167 Å². The van der Waals surface area contributed by atoms with Crippen LogP contribution in [0.25, 0.3) is 23.1 Å². The number of carbonyl (C=O) groups excluding carboxylic acids is 1. The average molecular weight is 391 g/mol. The largest absolute Gasteiger partial charge is 0.495 e. The Hall–Kier alpha value is -3.48. The highest BCUT2D eigenvalue weighted by atomic mass is 16.7. The van der Waals surface area contributed by atoms with Crippen molar-refractivity contribution in [2.24, 2.45) is 5.92 Å². The fourth-order valence-electron chi connectivity index (χ4n) is 3.46. The van der Waals surface area contributed by atoms with E-state index < -0.39 is 0 Å². The molecule has 1 amide bonds. The van der Waals surface area contributed by atoms with Gasteiger partial charge in [0.25, 0.3) is 5.91 Å². The maximum Gasteiger partial charge on any atom is 0.255 e. The van der Waals surface area contributed by atoms with Gasteiger partial charge in [-0.3, -0.25) is 9.89 Å². The second-order valence-corrected chi connectivity index (χ2v) is 7.28. The molecule has 0 bridgehead atoms. The maximum atomic E-state index is 12.7. The molecule has 2 heterocycles. The summed E-state index contributed by atoms with van der Waals surface area (Å²) in [5, 5.41) is 11.2. The number of amides is 1. The molecule has 2 aliphatic rings. The Morgan fingerprint density at radius 2 is 2.10 bits per heavy atom. The summed E-state index contributed by atoms with van der Waals surface area (Å²) in [6.07, 6.45) is 6.21. The molecule has 1 aliphatic heterocycles. The van der Waals surface area contributed by atoms with Crippen LogP contribution in [0.15, 0.2) is 30.3 Å². The fourth-order valence-corrected chi connectivity index (χ4v) is 3.46. The Bertz CT molecular complexity index is 1110. The zero-order valence-electron chi connectivity index (χ0n) is 16.0. The molecule has 1 aliphatic carbocycles. The second-order valence-electron chi connectivity index (χ2n) is 7.28. The number of aromatic amines is 1. The summed E-state index contributed by atoms with van der Waals surface area (Å²) in [6.45, 7) is 0.956. The highest BCUT2D eigenvalue weighted by Gasteiger charge is 2.24. The smallest absolute Gasteiger partial charge is 0.255 e. The third kappa shape index (κ3) is 3.40. The summed E-state index contributed by atoms with van der Waals surface area (Å²) in [4.78, 5) is 12.7. The molecule has 0 atom stereocenters. The van der Waals surface area contributed by atoms with Crippen LogP contribution in [0, 0.1) is 5.92 Å². The summed E-state index contributed by atoms with van der Waals surface area (Å²) in [6, 6.07) is 9.38. The Kier molecular flexibility index (Phi) is 4.35. The lowest BCUT2D eigenvalue weighted by Crippen LogP contribution is -2.26. The van der Waals surface area contributed by atoms with Crippen LogP contribution in [0.3, 0.4) is 0 Å². The predicted molar refractivity (Wildman–Crippen MR) is 109 cm³/mol. The molecule has 7 nitrogen and oxygen atoms in total. The lowest BCUT2D eigenvalue weighted by Gasteiger charge is -2.10. The monoisotopic (exact) mass is 391 g/mol. The van der Waals surface area contributed by atoms with Crippen molar-refractivity contribution < 1.29 is 19.0 Å². The minimum atomic E-state index is -0.123. The molecule has 148 valence electrons. The van der Waals surface area contributed by atoms with E-state index in [1.54, 1.807) is 13.2 Å². The molecule has 0 spiro atoms. The number of hydrogen-bond donors (Lipinski definition) is 2. The van der Waals surface area contributed by atoms with E-state index in [0.717, 1.165) is 28.0 Å². The molecule has 3 aromatic rings. The number of fused-ring (bicyclic) bond motifs is 2. The summed E-state index contributed by atoms with van der Waals surface area (Å²) in [5.74, 6) is 2.49. The fraction of sp³-hybridized carbons (Fsp3) is 0.273. The van der Waals surface area contributed by atoms with Crippen molar-refractivity contribution >= 4 is 29.0 Å². The molecule has 0 saturated heterocycles. The van der Waals surface area contributed by atoms with Gasteiger partial charge in [0, 0.05) is 6.54 Å². The number of ether oxygens (including phenoxy) is 3. The Morgan fingerprint density at radius 3 is 2.93 bits per heavy atom. The number of benzene rings is 2. The van der Waals surface area contributed by atoms with Crippen molar-refractivity contribution in [2.45, 2.75) is 12.8 Å². The zero-order chi connectivity index (χ0) is 19.8. The first-order valence-electron chi connectivity index (χ1n) is 9.64. The van der Waals surface area contributed by atoms with Crippen LogP contribution < -0.4 is 19.5 Å².